The summed E-state index contributed by atoms with van der Waals surface area (Å²) in [5.41, 5.74) is 2.50. The van der Waals surface area contributed by atoms with E-state index < -0.39 is 22.6 Å². The smallest absolute Gasteiger partial charge is 0.340 e. The minimum absolute atomic E-state index is 0.0218. The first-order valence-electron chi connectivity index (χ1n) is 11.9. The van der Waals surface area contributed by atoms with Crippen LogP contribution in [0, 0.1) is 13.8 Å². The number of aryl methyl sites for hydroxylation is 1. The van der Waals surface area contributed by atoms with E-state index in [4.69, 9.17) is 21.1 Å². The number of para-hydroxylation sites is 1. The van der Waals surface area contributed by atoms with Gasteiger partial charge in [0.2, 0.25) is 5.78 Å². The van der Waals surface area contributed by atoms with E-state index in [-0.39, 0.29) is 27.4 Å². The Kier molecular flexibility index (Phi) is 8.06. The molecule has 1 aromatic heterocycles. The van der Waals surface area contributed by atoms with Gasteiger partial charge in [-0.05, 0) is 63.1 Å². The van der Waals surface area contributed by atoms with Crippen molar-refractivity contribution < 1.29 is 27.5 Å². The van der Waals surface area contributed by atoms with E-state index in [9.17, 15) is 18.0 Å². The number of aromatic nitrogens is 1. The number of rotatable bonds is 9. The molecule has 196 valence electrons. The van der Waals surface area contributed by atoms with Gasteiger partial charge in [0, 0.05) is 37.2 Å². The average molecular weight is 545 g/mol. The minimum atomic E-state index is -3.97. The number of sulfonamides is 1. The van der Waals surface area contributed by atoms with E-state index in [0.29, 0.717) is 17.8 Å². The first-order chi connectivity index (χ1) is 17.6. The Morgan fingerprint density at radius 2 is 1.84 bits per heavy atom. The topological polar surface area (TPSA) is 94.9 Å². The predicted molar refractivity (Wildman–Crippen MR) is 141 cm³/mol. The summed E-state index contributed by atoms with van der Waals surface area (Å²) in [6.07, 6.45) is 2.13. The number of benzene rings is 2. The molecule has 0 N–H and O–H groups in total. The molecule has 37 heavy (non-hydrogen) atoms. The molecule has 10 heteroatoms. The fourth-order valence-electron chi connectivity index (χ4n) is 4.40. The average Bonchev–Trinajstić information content (AvgIpc) is 3.51. The highest BCUT2D eigenvalue weighted by atomic mass is 35.5. The summed E-state index contributed by atoms with van der Waals surface area (Å²) in [6.45, 7) is 4.69. The van der Waals surface area contributed by atoms with Gasteiger partial charge in [-0.2, -0.15) is 0 Å². The third-order valence-electron chi connectivity index (χ3n) is 6.55. The Bertz CT molecular complexity index is 1410. The molecule has 1 aliphatic heterocycles. The van der Waals surface area contributed by atoms with E-state index in [1.54, 1.807) is 36.4 Å². The second kappa shape index (κ2) is 11.1. The van der Waals surface area contributed by atoms with Crippen LogP contribution in [0.25, 0.3) is 0 Å². The fraction of sp³-hybridized carbons (Fsp3) is 0.333. The number of Topliss-reactive ketones (excluding diaryl/α,β-unsaturated/α-hetero) is 1. The van der Waals surface area contributed by atoms with Crippen LogP contribution in [0.2, 0.25) is 5.02 Å². The van der Waals surface area contributed by atoms with Crippen LogP contribution >= 0.6 is 11.6 Å². The second-order valence-electron chi connectivity index (χ2n) is 8.98. The molecule has 3 aromatic rings. The number of esters is 1. The molecule has 4 rings (SSSR count). The van der Waals surface area contributed by atoms with E-state index in [1.807, 2.05) is 18.4 Å². The van der Waals surface area contributed by atoms with Crippen LogP contribution in [0.15, 0.2) is 59.5 Å². The maximum absolute atomic E-state index is 13.1. The second-order valence-corrected chi connectivity index (χ2v) is 11.4. The lowest BCUT2D eigenvalue weighted by Gasteiger charge is -2.20. The number of anilines is 1. The van der Waals surface area contributed by atoms with Crippen molar-refractivity contribution in [1.29, 1.82) is 0 Å². The molecule has 8 nitrogen and oxygen atoms in total. The molecular formula is C27H29ClN2O6S. The summed E-state index contributed by atoms with van der Waals surface area (Å²) in [6, 6.07) is 14.1. The highest BCUT2D eigenvalue weighted by molar-refractivity contribution is 7.92. The maximum Gasteiger partial charge on any atom is 0.340 e. The largest absolute Gasteiger partial charge is 0.454 e. The summed E-state index contributed by atoms with van der Waals surface area (Å²) in [7, 11) is -2.55. The maximum atomic E-state index is 13.1. The number of hydrogen-bond acceptors (Lipinski definition) is 6. The molecule has 2 heterocycles. The molecule has 0 bridgehead atoms. The van der Waals surface area contributed by atoms with Gasteiger partial charge in [0.1, 0.15) is 0 Å². The number of nitrogens with zero attached hydrogens (tertiary/aromatic N) is 2. The number of ketones is 1. The van der Waals surface area contributed by atoms with Crippen LogP contribution in [0.1, 0.15) is 44.9 Å². The summed E-state index contributed by atoms with van der Waals surface area (Å²) in [5.74, 6) is -1.24. The van der Waals surface area contributed by atoms with Crippen molar-refractivity contribution >= 4 is 39.1 Å². The summed E-state index contributed by atoms with van der Waals surface area (Å²) in [4.78, 5) is 25.6. The van der Waals surface area contributed by atoms with E-state index in [2.05, 4.69) is 0 Å². The zero-order valence-electron chi connectivity index (χ0n) is 20.9. The quantitative estimate of drug-likeness (QED) is 0.283. The van der Waals surface area contributed by atoms with Crippen molar-refractivity contribution in [1.82, 2.24) is 4.57 Å². The van der Waals surface area contributed by atoms with Gasteiger partial charge in [-0.25, -0.2) is 13.2 Å². The minimum Gasteiger partial charge on any atom is -0.454 e. The zero-order chi connectivity index (χ0) is 26.7. The van der Waals surface area contributed by atoms with E-state index >= 15 is 0 Å². The van der Waals surface area contributed by atoms with Gasteiger partial charge in [0.15, 0.2) is 6.61 Å². The molecule has 1 atom stereocenters. The zero-order valence-corrected chi connectivity index (χ0v) is 22.5. The lowest BCUT2D eigenvalue weighted by molar-refractivity contribution is 0.0474. The van der Waals surface area contributed by atoms with Gasteiger partial charge < -0.3 is 14.0 Å². The van der Waals surface area contributed by atoms with Gasteiger partial charge >= 0.3 is 5.97 Å². The molecule has 0 aliphatic carbocycles. The van der Waals surface area contributed by atoms with Gasteiger partial charge in [-0.15, -0.1) is 0 Å². The molecule has 0 saturated carbocycles. The van der Waals surface area contributed by atoms with Crippen LogP contribution < -0.4 is 4.31 Å². The first kappa shape index (κ1) is 26.9. The van der Waals surface area contributed by atoms with E-state index in [0.717, 1.165) is 41.2 Å². The van der Waals surface area contributed by atoms with Gasteiger partial charge in [-0.3, -0.25) is 9.10 Å². The van der Waals surface area contributed by atoms with Crippen molar-refractivity contribution in [3.8, 4) is 0 Å². The van der Waals surface area contributed by atoms with Crippen molar-refractivity contribution in [2.24, 2.45) is 0 Å². The molecule has 1 saturated heterocycles. The third-order valence-corrected chi connectivity index (χ3v) is 8.67. The Hall–Kier alpha value is -3.14. The van der Waals surface area contributed by atoms with Gasteiger partial charge in [-0.1, -0.05) is 29.8 Å². The Morgan fingerprint density at radius 1 is 1.11 bits per heavy atom. The number of carbonyl (C=O) groups excluding carboxylic acids is 2. The highest BCUT2D eigenvalue weighted by Gasteiger charge is 2.25. The van der Waals surface area contributed by atoms with Gasteiger partial charge in [0.25, 0.3) is 10.0 Å². The molecule has 0 radical (unpaired) electrons. The van der Waals surface area contributed by atoms with Crippen LogP contribution in [0.5, 0.6) is 0 Å². The predicted octanol–water partition coefficient (Wildman–Crippen LogP) is 4.80. The number of hydrogen-bond donors (Lipinski definition) is 0. The van der Waals surface area contributed by atoms with Crippen molar-refractivity contribution in [3.63, 3.8) is 0 Å². The third kappa shape index (κ3) is 5.74. The molecule has 2 aromatic carbocycles. The lowest BCUT2D eigenvalue weighted by atomic mass is 10.1. The SMILES string of the molecule is Cc1cc(C(=O)COC(=O)c2cc(S(=O)(=O)N(C)c3ccccc3)ccc2Cl)c(C)n1C[C@@H]1CCCO1. The van der Waals surface area contributed by atoms with Crippen LogP contribution in [-0.2, 0) is 26.0 Å². The van der Waals surface area contributed by atoms with Gasteiger partial charge in [0.05, 0.1) is 27.3 Å². The molecular weight excluding hydrogens is 516 g/mol. The molecule has 0 unspecified atom stereocenters. The Labute approximate surface area is 221 Å². The Morgan fingerprint density at radius 3 is 2.51 bits per heavy atom. The highest BCUT2D eigenvalue weighted by Crippen LogP contribution is 2.26. The Balaban J connectivity index is 1.48. The molecule has 1 fully saturated rings. The van der Waals surface area contributed by atoms with Crippen molar-refractivity contribution in [2.75, 3.05) is 24.6 Å². The summed E-state index contributed by atoms with van der Waals surface area (Å²) < 4.78 is 40.4. The lowest BCUT2D eigenvalue weighted by Crippen LogP contribution is -2.26. The van der Waals surface area contributed by atoms with E-state index in [1.165, 1.54) is 19.2 Å². The van der Waals surface area contributed by atoms with Crippen LogP contribution in [-0.4, -0.2) is 51.1 Å². The molecule has 1 aliphatic rings. The summed E-state index contributed by atoms with van der Waals surface area (Å²) in [5, 5.41) is 0.0218. The van der Waals surface area contributed by atoms with Crippen molar-refractivity contribution in [3.05, 3.63) is 82.1 Å². The summed E-state index contributed by atoms with van der Waals surface area (Å²) >= 11 is 6.19. The van der Waals surface area contributed by atoms with Crippen LogP contribution in [0.3, 0.4) is 0 Å². The number of ether oxygens (including phenoxy) is 2. The number of carbonyl (C=O) groups is 2. The molecule has 0 spiro atoms. The number of halogens is 1. The fourth-order valence-corrected chi connectivity index (χ4v) is 5.82. The monoisotopic (exact) mass is 544 g/mol. The first-order valence-corrected chi connectivity index (χ1v) is 13.7. The standard InChI is InChI=1S/C27H29ClN2O6S/c1-18-14-23(19(2)30(18)16-21-10-7-13-35-21)26(31)17-36-27(32)24-15-22(11-12-25(24)28)37(33,34)29(3)20-8-5-4-6-9-20/h4-6,8-9,11-12,14-15,21H,7,10,13,16-17H2,1-3H3/t21-/m0/s1. The van der Waals surface area contributed by atoms with Crippen LogP contribution in [0.4, 0.5) is 5.69 Å². The van der Waals surface area contributed by atoms with Crippen molar-refractivity contribution in [2.45, 2.75) is 44.2 Å². The normalized spacial score (nSPS) is 15.5. The molecule has 0 amide bonds.